The van der Waals surface area contributed by atoms with E-state index in [1.165, 1.54) is 0 Å². The Balaban J connectivity index is 1.81. The maximum atomic E-state index is 5.90. The molecule has 1 aromatic rings. The highest BCUT2D eigenvalue weighted by Gasteiger charge is 2.41. The van der Waals surface area contributed by atoms with Gasteiger partial charge in [0.25, 0.3) is 0 Å². The summed E-state index contributed by atoms with van der Waals surface area (Å²) in [4.78, 5) is 0. The largest absolute Gasteiger partial charge is 0.488 e. The standard InChI is InChI=1S/C13H19NO3/c1-15-7-8-16-13-11(14)9-12(13)17-10-5-3-2-4-6-10/h2-6,11-13H,7-9,14H2,1H3. The molecule has 1 fully saturated rings. The molecule has 3 atom stereocenters. The van der Waals surface area contributed by atoms with Crippen molar-refractivity contribution in [2.45, 2.75) is 24.7 Å². The number of nitrogens with two attached hydrogens (primary N) is 1. The van der Waals surface area contributed by atoms with Crippen LogP contribution in [-0.4, -0.2) is 38.6 Å². The number of hydrogen-bond acceptors (Lipinski definition) is 4. The van der Waals surface area contributed by atoms with Crippen molar-refractivity contribution in [3.05, 3.63) is 30.3 Å². The number of hydrogen-bond donors (Lipinski definition) is 1. The number of ether oxygens (including phenoxy) is 3. The van der Waals surface area contributed by atoms with Crippen molar-refractivity contribution >= 4 is 0 Å². The van der Waals surface area contributed by atoms with Crippen LogP contribution >= 0.6 is 0 Å². The second kappa shape index (κ2) is 6.00. The van der Waals surface area contributed by atoms with Gasteiger partial charge in [0.15, 0.2) is 0 Å². The average Bonchev–Trinajstić information content (AvgIpc) is 2.35. The lowest BCUT2D eigenvalue weighted by molar-refractivity contribution is -0.107. The van der Waals surface area contributed by atoms with Crippen molar-refractivity contribution in [2.75, 3.05) is 20.3 Å². The Kier molecular flexibility index (Phi) is 4.36. The van der Waals surface area contributed by atoms with Crippen LogP contribution in [-0.2, 0) is 9.47 Å². The van der Waals surface area contributed by atoms with Crippen molar-refractivity contribution < 1.29 is 14.2 Å². The van der Waals surface area contributed by atoms with Crippen molar-refractivity contribution in [1.82, 2.24) is 0 Å². The molecule has 2 N–H and O–H groups in total. The number of rotatable bonds is 6. The highest BCUT2D eigenvalue weighted by atomic mass is 16.6. The van der Waals surface area contributed by atoms with Crippen LogP contribution in [0.1, 0.15) is 6.42 Å². The summed E-state index contributed by atoms with van der Waals surface area (Å²) >= 11 is 0. The maximum absolute atomic E-state index is 5.90. The molecule has 1 aliphatic rings. The average molecular weight is 237 g/mol. The van der Waals surface area contributed by atoms with Gasteiger partial charge in [-0.1, -0.05) is 18.2 Å². The molecule has 0 saturated heterocycles. The van der Waals surface area contributed by atoms with Crippen LogP contribution < -0.4 is 10.5 Å². The predicted octanol–water partition coefficient (Wildman–Crippen LogP) is 1.20. The third kappa shape index (κ3) is 3.19. The second-order valence-electron chi connectivity index (χ2n) is 4.20. The third-order valence-electron chi connectivity index (χ3n) is 2.92. The molecule has 0 bridgehead atoms. The van der Waals surface area contributed by atoms with Crippen LogP contribution in [0.15, 0.2) is 30.3 Å². The van der Waals surface area contributed by atoms with E-state index in [9.17, 15) is 0 Å². The highest BCUT2D eigenvalue weighted by Crippen LogP contribution is 2.27. The van der Waals surface area contributed by atoms with Gasteiger partial charge in [-0.25, -0.2) is 0 Å². The first-order chi connectivity index (χ1) is 8.31. The normalized spacial score (nSPS) is 27.5. The van der Waals surface area contributed by atoms with E-state index < -0.39 is 0 Å². The van der Waals surface area contributed by atoms with Gasteiger partial charge >= 0.3 is 0 Å². The molecule has 4 nitrogen and oxygen atoms in total. The fourth-order valence-corrected chi connectivity index (χ4v) is 1.90. The minimum Gasteiger partial charge on any atom is -0.488 e. The highest BCUT2D eigenvalue weighted by molar-refractivity contribution is 5.22. The zero-order valence-electron chi connectivity index (χ0n) is 10.0. The summed E-state index contributed by atoms with van der Waals surface area (Å²) in [6, 6.07) is 9.82. The summed E-state index contributed by atoms with van der Waals surface area (Å²) in [6.07, 6.45) is 0.877. The van der Waals surface area contributed by atoms with E-state index in [1.807, 2.05) is 30.3 Å². The third-order valence-corrected chi connectivity index (χ3v) is 2.92. The fourth-order valence-electron chi connectivity index (χ4n) is 1.90. The van der Waals surface area contributed by atoms with Crippen LogP contribution in [0.2, 0.25) is 0 Å². The van der Waals surface area contributed by atoms with Crippen molar-refractivity contribution in [2.24, 2.45) is 5.73 Å². The molecule has 0 aromatic heterocycles. The van der Waals surface area contributed by atoms with Gasteiger partial charge in [-0.15, -0.1) is 0 Å². The second-order valence-corrected chi connectivity index (χ2v) is 4.20. The lowest BCUT2D eigenvalue weighted by atomic mass is 9.86. The monoisotopic (exact) mass is 237 g/mol. The summed E-state index contributed by atoms with van der Waals surface area (Å²) < 4.78 is 16.4. The molecule has 0 radical (unpaired) electrons. The van der Waals surface area contributed by atoms with Crippen molar-refractivity contribution in [3.8, 4) is 5.75 Å². The zero-order chi connectivity index (χ0) is 12.1. The van der Waals surface area contributed by atoms with Gasteiger partial charge in [0.2, 0.25) is 0 Å². The lowest BCUT2D eigenvalue weighted by Crippen LogP contribution is -2.59. The van der Waals surface area contributed by atoms with Gasteiger partial charge in [0, 0.05) is 19.6 Å². The summed E-state index contributed by atoms with van der Waals surface area (Å²) in [7, 11) is 1.65. The van der Waals surface area contributed by atoms with Crippen LogP contribution in [0.25, 0.3) is 0 Å². The summed E-state index contributed by atoms with van der Waals surface area (Å²) in [6.45, 7) is 1.14. The fraction of sp³-hybridized carbons (Fsp3) is 0.538. The predicted molar refractivity (Wildman–Crippen MR) is 65.1 cm³/mol. The number of methoxy groups -OCH3 is 1. The molecule has 0 heterocycles. The summed E-state index contributed by atoms with van der Waals surface area (Å²) in [5.41, 5.74) is 5.90. The van der Waals surface area contributed by atoms with Crippen molar-refractivity contribution in [1.29, 1.82) is 0 Å². The first-order valence-electron chi connectivity index (χ1n) is 5.89. The topological polar surface area (TPSA) is 53.7 Å². The Hall–Kier alpha value is -1.10. The van der Waals surface area contributed by atoms with E-state index in [2.05, 4.69) is 0 Å². The molecule has 4 heteroatoms. The van der Waals surface area contributed by atoms with Crippen molar-refractivity contribution in [3.63, 3.8) is 0 Å². The lowest BCUT2D eigenvalue weighted by Gasteiger charge is -2.41. The van der Waals surface area contributed by atoms with E-state index in [4.69, 9.17) is 19.9 Å². The Morgan fingerprint density at radius 3 is 2.65 bits per heavy atom. The Labute approximate surface area is 102 Å². The number of para-hydroxylation sites is 1. The summed E-state index contributed by atoms with van der Waals surface area (Å²) in [5, 5.41) is 0. The van der Waals surface area contributed by atoms with Gasteiger partial charge in [-0.05, 0) is 12.1 Å². The Morgan fingerprint density at radius 1 is 1.24 bits per heavy atom. The van der Waals surface area contributed by atoms with E-state index in [1.54, 1.807) is 7.11 Å². The molecule has 0 amide bonds. The molecule has 1 aliphatic carbocycles. The quantitative estimate of drug-likeness (QED) is 0.755. The van der Waals surface area contributed by atoms with E-state index >= 15 is 0 Å². The Morgan fingerprint density at radius 2 is 2.00 bits per heavy atom. The molecule has 17 heavy (non-hydrogen) atoms. The molecule has 94 valence electrons. The van der Waals surface area contributed by atoms with Gasteiger partial charge in [0.05, 0.1) is 13.2 Å². The first kappa shape index (κ1) is 12.4. The molecular weight excluding hydrogens is 218 g/mol. The zero-order valence-corrected chi connectivity index (χ0v) is 10.0. The van der Waals surface area contributed by atoms with Crippen LogP contribution in [0.4, 0.5) is 0 Å². The van der Waals surface area contributed by atoms with Crippen LogP contribution in [0.5, 0.6) is 5.75 Å². The Bertz CT molecular complexity index is 331. The molecule has 0 spiro atoms. The first-order valence-corrected chi connectivity index (χ1v) is 5.89. The summed E-state index contributed by atoms with van der Waals surface area (Å²) in [5.74, 6) is 0.866. The van der Waals surface area contributed by atoms with Crippen LogP contribution in [0, 0.1) is 0 Å². The SMILES string of the molecule is COCCOC1C(N)CC1Oc1ccccc1. The molecule has 2 rings (SSSR count). The molecule has 3 unspecified atom stereocenters. The molecular formula is C13H19NO3. The maximum Gasteiger partial charge on any atom is 0.128 e. The van der Waals surface area contributed by atoms with Crippen LogP contribution in [0.3, 0.4) is 0 Å². The van der Waals surface area contributed by atoms with Gasteiger partial charge in [0.1, 0.15) is 18.0 Å². The smallest absolute Gasteiger partial charge is 0.128 e. The van der Waals surface area contributed by atoms with Gasteiger partial charge in [-0.3, -0.25) is 0 Å². The minimum atomic E-state index is -0.0228. The number of benzene rings is 1. The minimum absolute atomic E-state index is 0.0228. The van der Waals surface area contributed by atoms with E-state index in [-0.39, 0.29) is 18.2 Å². The molecule has 1 saturated carbocycles. The molecule has 1 aromatic carbocycles. The molecule has 0 aliphatic heterocycles. The van der Waals surface area contributed by atoms with Gasteiger partial charge < -0.3 is 19.9 Å². The van der Waals surface area contributed by atoms with E-state index in [0.717, 1.165) is 12.2 Å². The van der Waals surface area contributed by atoms with E-state index in [0.29, 0.717) is 13.2 Å². The van der Waals surface area contributed by atoms with Gasteiger partial charge in [-0.2, -0.15) is 0 Å².